The van der Waals surface area contributed by atoms with Gasteiger partial charge in [0.1, 0.15) is 5.82 Å². The highest BCUT2D eigenvalue weighted by Gasteiger charge is 2.15. The lowest BCUT2D eigenvalue weighted by atomic mass is 10.2. The molecule has 0 aliphatic rings. The maximum atomic E-state index is 13.6. The average molecular weight is 383 g/mol. The number of aromatic nitrogens is 4. The van der Waals surface area contributed by atoms with Crippen molar-refractivity contribution >= 4 is 23.4 Å². The fourth-order valence-electron chi connectivity index (χ4n) is 2.40. The van der Waals surface area contributed by atoms with E-state index in [0.717, 1.165) is 5.56 Å². The second-order valence-corrected chi connectivity index (χ2v) is 6.69. The van der Waals surface area contributed by atoms with Crippen LogP contribution < -0.4 is 5.32 Å². The quantitative estimate of drug-likeness (QED) is 0.497. The standard InChI is InChI=1S/C19H18FN5OS/c1-3-9-25-18(14-5-4-8-21-11-14)23-24-19(25)27-12-17(26)22-15-7-6-13(2)16(20)10-15/h3-8,10-11H,1,9,12H2,2H3,(H,22,26). The maximum absolute atomic E-state index is 13.6. The van der Waals surface area contributed by atoms with Gasteiger partial charge in [-0.3, -0.25) is 14.3 Å². The zero-order chi connectivity index (χ0) is 19.2. The molecule has 0 fully saturated rings. The highest BCUT2D eigenvalue weighted by Crippen LogP contribution is 2.24. The van der Waals surface area contributed by atoms with E-state index in [1.54, 1.807) is 37.5 Å². The molecule has 1 N–H and O–H groups in total. The van der Waals surface area contributed by atoms with E-state index < -0.39 is 0 Å². The van der Waals surface area contributed by atoms with Crippen LogP contribution in [0, 0.1) is 12.7 Å². The van der Waals surface area contributed by atoms with Crippen LogP contribution >= 0.6 is 11.8 Å². The molecular formula is C19H18FN5OS. The molecule has 0 saturated heterocycles. The Kier molecular flexibility index (Phi) is 5.97. The fourth-order valence-corrected chi connectivity index (χ4v) is 3.14. The summed E-state index contributed by atoms with van der Waals surface area (Å²) < 4.78 is 15.5. The third-order valence-corrected chi connectivity index (χ3v) is 4.70. The van der Waals surface area contributed by atoms with Crippen molar-refractivity contribution in [3.63, 3.8) is 0 Å². The van der Waals surface area contributed by atoms with E-state index in [2.05, 4.69) is 27.1 Å². The highest BCUT2D eigenvalue weighted by atomic mass is 32.2. The molecule has 0 bridgehead atoms. The molecule has 27 heavy (non-hydrogen) atoms. The second kappa shape index (κ2) is 8.59. The number of halogens is 1. The molecule has 8 heteroatoms. The summed E-state index contributed by atoms with van der Waals surface area (Å²) in [5, 5.41) is 11.7. The lowest BCUT2D eigenvalue weighted by Crippen LogP contribution is -2.15. The molecular weight excluding hydrogens is 365 g/mol. The lowest BCUT2D eigenvalue weighted by molar-refractivity contribution is -0.113. The molecule has 0 unspecified atom stereocenters. The molecule has 2 aromatic heterocycles. The van der Waals surface area contributed by atoms with E-state index in [9.17, 15) is 9.18 Å². The number of aryl methyl sites for hydroxylation is 1. The predicted octanol–water partition coefficient (Wildman–Crippen LogP) is 3.70. The summed E-state index contributed by atoms with van der Waals surface area (Å²) in [5.41, 5.74) is 1.79. The molecule has 0 atom stereocenters. The Hall–Kier alpha value is -3.00. The third-order valence-electron chi connectivity index (χ3n) is 3.74. The van der Waals surface area contributed by atoms with Crippen LogP contribution in [0.4, 0.5) is 10.1 Å². The van der Waals surface area contributed by atoms with Gasteiger partial charge >= 0.3 is 0 Å². The smallest absolute Gasteiger partial charge is 0.234 e. The number of rotatable bonds is 7. The highest BCUT2D eigenvalue weighted by molar-refractivity contribution is 7.99. The summed E-state index contributed by atoms with van der Waals surface area (Å²) in [6.07, 6.45) is 5.13. The minimum absolute atomic E-state index is 0.123. The minimum atomic E-state index is -0.354. The van der Waals surface area contributed by atoms with Crippen LogP contribution in [0.25, 0.3) is 11.4 Å². The number of amides is 1. The van der Waals surface area contributed by atoms with Crippen LogP contribution in [0.3, 0.4) is 0 Å². The Morgan fingerprint density at radius 2 is 2.22 bits per heavy atom. The molecule has 6 nitrogen and oxygen atoms in total. The summed E-state index contributed by atoms with van der Waals surface area (Å²) in [5.74, 6) is 0.177. The lowest BCUT2D eigenvalue weighted by Gasteiger charge is -2.08. The van der Waals surface area contributed by atoms with Crippen LogP contribution in [0.1, 0.15) is 5.56 Å². The van der Waals surface area contributed by atoms with Gasteiger partial charge in [0, 0.05) is 30.2 Å². The first-order valence-corrected chi connectivity index (χ1v) is 9.20. The van der Waals surface area contributed by atoms with Crippen LogP contribution in [0.2, 0.25) is 0 Å². The number of benzene rings is 1. The Morgan fingerprint density at radius 3 is 2.93 bits per heavy atom. The van der Waals surface area contributed by atoms with Gasteiger partial charge in [-0.15, -0.1) is 16.8 Å². The number of hydrogen-bond donors (Lipinski definition) is 1. The molecule has 2 heterocycles. The van der Waals surface area contributed by atoms with Crippen molar-refractivity contribution < 1.29 is 9.18 Å². The van der Waals surface area contributed by atoms with E-state index in [0.29, 0.717) is 28.8 Å². The zero-order valence-electron chi connectivity index (χ0n) is 14.7. The van der Waals surface area contributed by atoms with Gasteiger partial charge in [-0.1, -0.05) is 23.9 Å². The SMILES string of the molecule is C=CCn1c(SCC(=O)Nc2ccc(C)c(F)c2)nnc1-c1cccnc1. The molecule has 0 radical (unpaired) electrons. The Bertz CT molecular complexity index is 958. The summed E-state index contributed by atoms with van der Waals surface area (Å²) in [4.78, 5) is 16.3. The first-order valence-electron chi connectivity index (χ1n) is 8.22. The van der Waals surface area contributed by atoms with Gasteiger partial charge in [0.05, 0.1) is 5.75 Å². The predicted molar refractivity (Wildman–Crippen MR) is 104 cm³/mol. The number of pyridine rings is 1. The maximum Gasteiger partial charge on any atom is 0.234 e. The number of nitrogens with one attached hydrogen (secondary N) is 1. The normalized spacial score (nSPS) is 10.6. The second-order valence-electron chi connectivity index (χ2n) is 5.75. The van der Waals surface area contributed by atoms with Crippen molar-refractivity contribution in [2.75, 3.05) is 11.1 Å². The molecule has 0 saturated carbocycles. The molecule has 0 aliphatic carbocycles. The molecule has 3 aromatic rings. The first kappa shape index (κ1) is 18.8. The van der Waals surface area contributed by atoms with Crippen molar-refractivity contribution in [1.29, 1.82) is 0 Å². The van der Waals surface area contributed by atoms with Crippen molar-refractivity contribution in [3.8, 4) is 11.4 Å². The van der Waals surface area contributed by atoms with E-state index in [1.807, 2.05) is 16.7 Å². The molecule has 1 amide bonds. The number of nitrogens with zero attached hydrogens (tertiary/aromatic N) is 4. The van der Waals surface area contributed by atoms with Gasteiger partial charge in [-0.2, -0.15) is 0 Å². The number of allylic oxidation sites excluding steroid dienone is 1. The molecule has 1 aromatic carbocycles. The number of hydrogen-bond acceptors (Lipinski definition) is 5. The van der Waals surface area contributed by atoms with Gasteiger partial charge in [0.2, 0.25) is 5.91 Å². The van der Waals surface area contributed by atoms with E-state index in [1.165, 1.54) is 17.8 Å². The molecule has 0 spiro atoms. The first-order chi connectivity index (χ1) is 13.1. The number of anilines is 1. The monoisotopic (exact) mass is 383 g/mol. The van der Waals surface area contributed by atoms with Crippen molar-refractivity contribution in [2.24, 2.45) is 0 Å². The summed E-state index contributed by atoms with van der Waals surface area (Å²) >= 11 is 1.25. The topological polar surface area (TPSA) is 72.7 Å². The number of carbonyl (C=O) groups is 1. The van der Waals surface area contributed by atoms with Crippen LogP contribution in [0.5, 0.6) is 0 Å². The van der Waals surface area contributed by atoms with Crippen LogP contribution in [-0.4, -0.2) is 31.4 Å². The van der Waals surface area contributed by atoms with Crippen molar-refractivity contribution in [1.82, 2.24) is 19.7 Å². The zero-order valence-corrected chi connectivity index (χ0v) is 15.5. The largest absolute Gasteiger partial charge is 0.325 e. The number of thioether (sulfide) groups is 1. The van der Waals surface area contributed by atoms with Gasteiger partial charge in [-0.25, -0.2) is 4.39 Å². The average Bonchev–Trinajstić information content (AvgIpc) is 3.07. The Morgan fingerprint density at radius 1 is 1.37 bits per heavy atom. The summed E-state index contributed by atoms with van der Waals surface area (Å²) in [6, 6.07) is 8.31. The summed E-state index contributed by atoms with van der Waals surface area (Å²) in [6.45, 7) is 5.94. The van der Waals surface area contributed by atoms with Crippen LogP contribution in [-0.2, 0) is 11.3 Å². The molecule has 3 rings (SSSR count). The van der Waals surface area contributed by atoms with Crippen molar-refractivity contribution in [3.05, 3.63) is 66.8 Å². The Balaban J connectivity index is 1.70. The fraction of sp³-hybridized carbons (Fsp3) is 0.158. The van der Waals surface area contributed by atoms with E-state index in [4.69, 9.17) is 0 Å². The third kappa shape index (κ3) is 4.59. The summed E-state index contributed by atoms with van der Waals surface area (Å²) in [7, 11) is 0. The van der Waals surface area contributed by atoms with E-state index in [-0.39, 0.29) is 17.5 Å². The number of carbonyl (C=O) groups excluding carboxylic acids is 1. The molecule has 138 valence electrons. The Labute approximate surface area is 160 Å². The van der Waals surface area contributed by atoms with Gasteiger partial charge in [-0.05, 0) is 36.8 Å². The van der Waals surface area contributed by atoms with Crippen LogP contribution in [0.15, 0.2) is 60.5 Å². The van der Waals surface area contributed by atoms with Gasteiger partial charge in [0.25, 0.3) is 0 Å². The minimum Gasteiger partial charge on any atom is -0.325 e. The molecule has 0 aliphatic heterocycles. The van der Waals surface area contributed by atoms with Crippen molar-refractivity contribution in [2.45, 2.75) is 18.6 Å². The van der Waals surface area contributed by atoms with E-state index >= 15 is 0 Å². The van der Waals surface area contributed by atoms with Gasteiger partial charge < -0.3 is 5.32 Å². The van der Waals surface area contributed by atoms with Gasteiger partial charge in [0.15, 0.2) is 11.0 Å².